The first-order valence-electron chi connectivity index (χ1n) is 6.08. The van der Waals surface area contributed by atoms with Crippen LogP contribution in [0.25, 0.3) is 0 Å². The second kappa shape index (κ2) is 5.07. The predicted octanol–water partition coefficient (Wildman–Crippen LogP) is 3.65. The normalized spacial score (nSPS) is 24.8. The molecular weight excluding hydrogens is 303 g/mol. The van der Waals surface area contributed by atoms with Gasteiger partial charge in [-0.15, -0.1) is 0 Å². The zero-order valence-electron chi connectivity index (χ0n) is 11.4. The molecule has 5 nitrogen and oxygen atoms in total. The quantitative estimate of drug-likeness (QED) is 0.830. The van der Waals surface area contributed by atoms with Gasteiger partial charge in [0.1, 0.15) is 0 Å². The molecule has 0 bridgehead atoms. The number of aliphatic hydroxyl groups is 1. The van der Waals surface area contributed by atoms with Gasteiger partial charge in [-0.2, -0.15) is 5.06 Å². The third kappa shape index (κ3) is 3.17. The summed E-state index contributed by atoms with van der Waals surface area (Å²) in [5.74, 6) is -1.36. The van der Waals surface area contributed by atoms with E-state index in [4.69, 9.17) is 28.0 Å². The summed E-state index contributed by atoms with van der Waals surface area (Å²) in [6.45, 7) is 5.13. The molecular formula is C13H16Cl2N2O3. The summed E-state index contributed by atoms with van der Waals surface area (Å²) in [6.07, 6.45) is 0.314. The van der Waals surface area contributed by atoms with Gasteiger partial charge in [-0.25, -0.2) is 9.63 Å². The molecule has 0 saturated carbocycles. The van der Waals surface area contributed by atoms with Crippen LogP contribution in [0.15, 0.2) is 18.2 Å². The summed E-state index contributed by atoms with van der Waals surface area (Å²) >= 11 is 11.7. The Kier molecular flexibility index (Phi) is 3.90. The van der Waals surface area contributed by atoms with Crippen LogP contribution >= 0.6 is 23.2 Å². The second-order valence-corrected chi connectivity index (χ2v) is 6.42. The van der Waals surface area contributed by atoms with Crippen molar-refractivity contribution >= 4 is 34.9 Å². The van der Waals surface area contributed by atoms with Gasteiger partial charge in [-0.1, -0.05) is 23.2 Å². The number of urea groups is 1. The van der Waals surface area contributed by atoms with Crippen LogP contribution in [0.5, 0.6) is 0 Å². The lowest BCUT2D eigenvalue weighted by Crippen LogP contribution is -2.44. The molecule has 20 heavy (non-hydrogen) atoms. The standard InChI is InChI=1S/C13H16Cl2N2O3/c1-12(2)7-13(3,19)20-17(12)11(18)16-8-4-5-9(14)10(15)6-8/h4-6,19H,7H2,1-3H3,(H,16,18). The number of carbonyl (C=O) groups excluding carboxylic acids is 1. The molecule has 1 aliphatic rings. The van der Waals surface area contributed by atoms with E-state index in [0.29, 0.717) is 22.2 Å². The molecule has 7 heteroatoms. The monoisotopic (exact) mass is 318 g/mol. The van der Waals surface area contributed by atoms with Crippen LogP contribution in [0.1, 0.15) is 27.2 Å². The molecule has 2 amide bonds. The van der Waals surface area contributed by atoms with Gasteiger partial charge in [0.2, 0.25) is 0 Å². The summed E-state index contributed by atoms with van der Waals surface area (Å²) in [5.41, 5.74) is -0.126. The molecule has 2 N–H and O–H groups in total. The Morgan fingerprint density at radius 3 is 2.50 bits per heavy atom. The highest BCUT2D eigenvalue weighted by atomic mass is 35.5. The van der Waals surface area contributed by atoms with Crippen molar-refractivity contribution < 1.29 is 14.7 Å². The minimum Gasteiger partial charge on any atom is -0.364 e. The number of anilines is 1. The van der Waals surface area contributed by atoms with E-state index < -0.39 is 17.4 Å². The summed E-state index contributed by atoms with van der Waals surface area (Å²) in [5, 5.41) is 14.5. The topological polar surface area (TPSA) is 61.8 Å². The van der Waals surface area contributed by atoms with Crippen molar-refractivity contribution in [1.29, 1.82) is 0 Å². The summed E-state index contributed by atoms with van der Waals surface area (Å²) in [6, 6.07) is 4.29. The van der Waals surface area contributed by atoms with E-state index in [2.05, 4.69) is 5.32 Å². The third-order valence-electron chi connectivity index (χ3n) is 2.95. The first kappa shape index (κ1) is 15.4. The maximum Gasteiger partial charge on any atom is 0.346 e. The molecule has 1 saturated heterocycles. The van der Waals surface area contributed by atoms with Gasteiger partial charge in [-0.05, 0) is 39.0 Å². The second-order valence-electron chi connectivity index (χ2n) is 5.61. The van der Waals surface area contributed by atoms with Crippen LogP contribution in [0.3, 0.4) is 0 Å². The van der Waals surface area contributed by atoms with E-state index in [-0.39, 0.29) is 0 Å². The van der Waals surface area contributed by atoms with E-state index in [0.717, 1.165) is 5.06 Å². The van der Waals surface area contributed by atoms with Crippen LogP contribution in [0.4, 0.5) is 10.5 Å². The van der Waals surface area contributed by atoms with Gasteiger partial charge in [-0.3, -0.25) is 0 Å². The fourth-order valence-electron chi connectivity index (χ4n) is 2.29. The van der Waals surface area contributed by atoms with Crippen LogP contribution in [0, 0.1) is 0 Å². The Morgan fingerprint density at radius 2 is 2.00 bits per heavy atom. The van der Waals surface area contributed by atoms with Crippen molar-refractivity contribution in [3.05, 3.63) is 28.2 Å². The van der Waals surface area contributed by atoms with Crippen LogP contribution in [0.2, 0.25) is 10.0 Å². The molecule has 1 aromatic rings. The number of carbonyl (C=O) groups is 1. The molecule has 1 aliphatic heterocycles. The smallest absolute Gasteiger partial charge is 0.346 e. The van der Waals surface area contributed by atoms with Crippen molar-refractivity contribution in [2.45, 2.75) is 38.5 Å². The molecule has 110 valence electrons. The number of amides is 2. The Bertz CT molecular complexity index is 546. The minimum atomic E-state index is -1.36. The fourth-order valence-corrected chi connectivity index (χ4v) is 2.59. The number of hydroxylamine groups is 2. The first-order chi connectivity index (χ1) is 9.11. The number of benzene rings is 1. The fraction of sp³-hybridized carbons (Fsp3) is 0.462. The zero-order chi connectivity index (χ0) is 15.1. The van der Waals surface area contributed by atoms with Crippen LogP contribution in [-0.2, 0) is 4.84 Å². The maximum absolute atomic E-state index is 12.2. The SMILES string of the molecule is CC1(O)CC(C)(C)N(C(=O)Nc2ccc(Cl)c(Cl)c2)O1. The molecule has 0 aromatic heterocycles. The largest absolute Gasteiger partial charge is 0.364 e. The molecule has 0 spiro atoms. The Morgan fingerprint density at radius 1 is 1.35 bits per heavy atom. The number of nitrogens with zero attached hydrogens (tertiary/aromatic N) is 1. The molecule has 0 aliphatic carbocycles. The predicted molar refractivity (Wildman–Crippen MR) is 77.7 cm³/mol. The minimum absolute atomic E-state index is 0.314. The molecule has 0 radical (unpaired) electrons. The highest BCUT2D eigenvalue weighted by molar-refractivity contribution is 6.42. The molecule has 1 unspecified atom stereocenters. The van der Waals surface area contributed by atoms with E-state index in [1.807, 2.05) is 13.8 Å². The highest BCUT2D eigenvalue weighted by Gasteiger charge is 2.49. The number of halogens is 2. The molecule has 1 aromatic carbocycles. The molecule has 1 heterocycles. The molecule has 2 rings (SSSR count). The van der Waals surface area contributed by atoms with Crippen molar-refractivity contribution in [3.63, 3.8) is 0 Å². The third-order valence-corrected chi connectivity index (χ3v) is 3.69. The van der Waals surface area contributed by atoms with Gasteiger partial charge in [0.15, 0.2) is 5.79 Å². The van der Waals surface area contributed by atoms with E-state index in [1.54, 1.807) is 18.2 Å². The highest BCUT2D eigenvalue weighted by Crippen LogP contribution is 2.37. The number of hydrogen-bond donors (Lipinski definition) is 2. The van der Waals surface area contributed by atoms with Gasteiger partial charge < -0.3 is 10.4 Å². The summed E-state index contributed by atoms with van der Waals surface area (Å²) < 4.78 is 0. The molecule has 1 fully saturated rings. The number of hydrogen-bond acceptors (Lipinski definition) is 3. The van der Waals surface area contributed by atoms with Gasteiger partial charge in [0.25, 0.3) is 0 Å². The number of rotatable bonds is 1. The van der Waals surface area contributed by atoms with Crippen LogP contribution in [-0.4, -0.2) is 27.5 Å². The molecule has 1 atom stereocenters. The average Bonchev–Trinajstić information content (AvgIpc) is 2.52. The van der Waals surface area contributed by atoms with E-state index in [9.17, 15) is 9.90 Å². The lowest BCUT2D eigenvalue weighted by molar-refractivity contribution is -0.256. The lowest BCUT2D eigenvalue weighted by atomic mass is 9.97. The van der Waals surface area contributed by atoms with Crippen molar-refractivity contribution in [3.8, 4) is 0 Å². The lowest BCUT2D eigenvalue weighted by Gasteiger charge is -2.28. The Labute approximate surface area is 127 Å². The maximum atomic E-state index is 12.2. The average molecular weight is 319 g/mol. The van der Waals surface area contributed by atoms with Crippen molar-refractivity contribution in [2.24, 2.45) is 0 Å². The van der Waals surface area contributed by atoms with Gasteiger partial charge >= 0.3 is 6.03 Å². The summed E-state index contributed by atoms with van der Waals surface area (Å²) in [7, 11) is 0. The van der Waals surface area contributed by atoms with E-state index >= 15 is 0 Å². The van der Waals surface area contributed by atoms with Gasteiger partial charge in [0.05, 0.1) is 15.6 Å². The Balaban J connectivity index is 2.14. The first-order valence-corrected chi connectivity index (χ1v) is 6.84. The van der Waals surface area contributed by atoms with Crippen molar-refractivity contribution in [1.82, 2.24) is 5.06 Å². The van der Waals surface area contributed by atoms with Crippen molar-refractivity contribution in [2.75, 3.05) is 5.32 Å². The Hall–Kier alpha value is -1.01. The van der Waals surface area contributed by atoms with E-state index in [1.165, 1.54) is 6.92 Å². The van der Waals surface area contributed by atoms with Gasteiger partial charge in [0, 0.05) is 12.1 Å². The number of nitrogens with one attached hydrogen (secondary N) is 1. The zero-order valence-corrected chi connectivity index (χ0v) is 12.9. The summed E-state index contributed by atoms with van der Waals surface area (Å²) in [4.78, 5) is 17.5. The van der Waals surface area contributed by atoms with Crippen LogP contribution < -0.4 is 5.32 Å².